The molecule has 0 bridgehead atoms. The van der Waals surface area contributed by atoms with Crippen LogP contribution in [-0.4, -0.2) is 44.9 Å². The molecule has 0 radical (unpaired) electrons. The molecule has 1 rings (SSSR count). The minimum absolute atomic E-state index is 0.0708. The van der Waals surface area contributed by atoms with Crippen LogP contribution in [0, 0.1) is 11.3 Å². The predicted molar refractivity (Wildman–Crippen MR) is 79.3 cm³/mol. The number of nitrogens with zero attached hydrogens (tertiary/aromatic N) is 2. The Bertz CT molecular complexity index is 403. The smallest absolute Gasteiger partial charge is 0.0641 e. The molecule has 2 unspecified atom stereocenters. The molecule has 0 aromatic heterocycles. The Balaban J connectivity index is 2.94. The molecule has 20 heavy (non-hydrogen) atoms. The van der Waals surface area contributed by atoms with Gasteiger partial charge < -0.3 is 9.47 Å². The average Bonchev–Trinajstić information content (AvgIpc) is 2.47. The van der Waals surface area contributed by atoms with Crippen molar-refractivity contribution in [3.8, 4) is 6.07 Å². The van der Waals surface area contributed by atoms with Gasteiger partial charge in [-0.05, 0) is 12.5 Å². The second-order valence-electron chi connectivity index (χ2n) is 4.82. The zero-order valence-electron chi connectivity index (χ0n) is 12.6. The zero-order valence-corrected chi connectivity index (χ0v) is 12.6. The van der Waals surface area contributed by atoms with Gasteiger partial charge in [0.2, 0.25) is 0 Å². The molecule has 0 saturated heterocycles. The first-order chi connectivity index (χ1) is 9.74. The first kappa shape index (κ1) is 16.6. The number of ether oxygens (including phenoxy) is 2. The van der Waals surface area contributed by atoms with E-state index in [0.717, 1.165) is 12.1 Å². The number of benzene rings is 1. The standard InChI is InChI=1S/C16H24N2O2/c1-14(13-20-3)18(11-12-19-2)16(9-10-17)15-7-5-4-6-8-15/h4-8,14,16H,9,11-13H2,1-3H3. The van der Waals surface area contributed by atoms with Crippen LogP contribution in [-0.2, 0) is 9.47 Å². The van der Waals surface area contributed by atoms with Crippen molar-refractivity contribution in [2.24, 2.45) is 0 Å². The first-order valence-corrected chi connectivity index (χ1v) is 6.90. The fourth-order valence-electron chi connectivity index (χ4n) is 2.41. The predicted octanol–water partition coefficient (Wildman–Crippen LogP) is 2.62. The van der Waals surface area contributed by atoms with Crippen molar-refractivity contribution in [3.05, 3.63) is 35.9 Å². The monoisotopic (exact) mass is 276 g/mol. The van der Waals surface area contributed by atoms with Crippen LogP contribution in [0.1, 0.15) is 24.9 Å². The Kier molecular flexibility index (Phi) is 7.89. The van der Waals surface area contributed by atoms with E-state index in [1.54, 1.807) is 14.2 Å². The summed E-state index contributed by atoms with van der Waals surface area (Å²) in [6.07, 6.45) is 0.460. The lowest BCUT2D eigenvalue weighted by molar-refractivity contribution is 0.0475. The number of methoxy groups -OCH3 is 2. The molecular weight excluding hydrogens is 252 g/mol. The van der Waals surface area contributed by atoms with Gasteiger partial charge in [-0.15, -0.1) is 0 Å². The molecule has 0 aliphatic heterocycles. The minimum atomic E-state index is 0.0708. The summed E-state index contributed by atoms with van der Waals surface area (Å²) in [5.74, 6) is 0. The highest BCUT2D eigenvalue weighted by Crippen LogP contribution is 2.26. The summed E-state index contributed by atoms with van der Waals surface area (Å²) in [5.41, 5.74) is 1.16. The van der Waals surface area contributed by atoms with Gasteiger partial charge >= 0.3 is 0 Å². The summed E-state index contributed by atoms with van der Waals surface area (Å²) < 4.78 is 10.5. The van der Waals surface area contributed by atoms with E-state index in [0.29, 0.717) is 19.6 Å². The van der Waals surface area contributed by atoms with Gasteiger partial charge in [0, 0.05) is 32.8 Å². The Morgan fingerprint density at radius 3 is 2.45 bits per heavy atom. The SMILES string of the molecule is COCCN(C(C)COC)C(CC#N)c1ccccc1. The molecule has 0 spiro atoms. The molecule has 1 aromatic carbocycles. The molecule has 0 amide bonds. The number of hydrogen-bond acceptors (Lipinski definition) is 4. The average molecular weight is 276 g/mol. The summed E-state index contributed by atoms with van der Waals surface area (Å²) in [4.78, 5) is 2.28. The van der Waals surface area contributed by atoms with Crippen molar-refractivity contribution in [1.82, 2.24) is 4.90 Å². The number of rotatable bonds is 9. The Labute approximate surface area is 121 Å². The van der Waals surface area contributed by atoms with Crippen LogP contribution in [0.3, 0.4) is 0 Å². The lowest BCUT2D eigenvalue weighted by atomic mass is 10.0. The van der Waals surface area contributed by atoms with E-state index in [2.05, 4.69) is 30.0 Å². The van der Waals surface area contributed by atoms with Gasteiger partial charge in [0.25, 0.3) is 0 Å². The van der Waals surface area contributed by atoms with Crippen LogP contribution in [0.15, 0.2) is 30.3 Å². The van der Waals surface area contributed by atoms with Crippen molar-refractivity contribution in [2.75, 3.05) is 34.0 Å². The zero-order chi connectivity index (χ0) is 14.8. The van der Waals surface area contributed by atoms with Gasteiger partial charge in [0.15, 0.2) is 0 Å². The van der Waals surface area contributed by atoms with Crippen LogP contribution in [0.25, 0.3) is 0 Å². The van der Waals surface area contributed by atoms with Crippen LogP contribution < -0.4 is 0 Å². The fraction of sp³-hybridized carbons (Fsp3) is 0.562. The fourth-order valence-corrected chi connectivity index (χ4v) is 2.41. The van der Waals surface area contributed by atoms with Gasteiger partial charge in [-0.25, -0.2) is 0 Å². The number of hydrogen-bond donors (Lipinski definition) is 0. The quantitative estimate of drug-likeness (QED) is 0.695. The van der Waals surface area contributed by atoms with E-state index in [9.17, 15) is 0 Å². The first-order valence-electron chi connectivity index (χ1n) is 6.90. The van der Waals surface area contributed by atoms with E-state index in [1.165, 1.54) is 0 Å². The highest BCUT2D eigenvalue weighted by Gasteiger charge is 2.24. The molecule has 4 nitrogen and oxygen atoms in total. The maximum atomic E-state index is 9.14. The topological polar surface area (TPSA) is 45.5 Å². The molecule has 4 heteroatoms. The van der Waals surface area contributed by atoms with Crippen molar-refractivity contribution >= 4 is 0 Å². The molecule has 0 fully saturated rings. The van der Waals surface area contributed by atoms with E-state index in [-0.39, 0.29) is 12.1 Å². The molecule has 0 aliphatic carbocycles. The third-order valence-corrected chi connectivity index (χ3v) is 3.40. The van der Waals surface area contributed by atoms with Crippen LogP contribution in [0.5, 0.6) is 0 Å². The summed E-state index contributed by atoms with van der Waals surface area (Å²) in [6.45, 7) is 4.18. The highest BCUT2D eigenvalue weighted by atomic mass is 16.5. The maximum Gasteiger partial charge on any atom is 0.0641 e. The van der Waals surface area contributed by atoms with Gasteiger partial charge in [-0.1, -0.05) is 30.3 Å². The lowest BCUT2D eigenvalue weighted by Gasteiger charge is -2.35. The summed E-state index contributed by atoms with van der Waals surface area (Å²) in [5, 5.41) is 9.14. The molecule has 2 atom stereocenters. The summed E-state index contributed by atoms with van der Waals surface area (Å²) in [6, 6.07) is 12.7. The second kappa shape index (κ2) is 9.49. The Morgan fingerprint density at radius 1 is 1.20 bits per heavy atom. The minimum Gasteiger partial charge on any atom is -0.383 e. The lowest BCUT2D eigenvalue weighted by Crippen LogP contribution is -2.41. The van der Waals surface area contributed by atoms with Gasteiger partial charge in [-0.3, -0.25) is 4.90 Å². The molecule has 0 heterocycles. The maximum absolute atomic E-state index is 9.14. The number of nitriles is 1. The molecule has 1 aromatic rings. The van der Waals surface area contributed by atoms with Crippen molar-refractivity contribution in [3.63, 3.8) is 0 Å². The Hall–Kier alpha value is -1.41. The molecular formula is C16H24N2O2. The van der Waals surface area contributed by atoms with Gasteiger partial charge in [-0.2, -0.15) is 5.26 Å². The van der Waals surface area contributed by atoms with E-state index < -0.39 is 0 Å². The second-order valence-corrected chi connectivity index (χ2v) is 4.82. The molecule has 0 N–H and O–H groups in total. The third-order valence-electron chi connectivity index (χ3n) is 3.40. The van der Waals surface area contributed by atoms with E-state index in [4.69, 9.17) is 14.7 Å². The third kappa shape index (κ3) is 4.93. The highest BCUT2D eigenvalue weighted by molar-refractivity contribution is 5.20. The largest absolute Gasteiger partial charge is 0.383 e. The van der Waals surface area contributed by atoms with E-state index >= 15 is 0 Å². The molecule has 0 aliphatic rings. The molecule has 0 saturated carbocycles. The van der Waals surface area contributed by atoms with Crippen LogP contribution in [0.2, 0.25) is 0 Å². The van der Waals surface area contributed by atoms with Crippen molar-refractivity contribution in [2.45, 2.75) is 25.4 Å². The van der Waals surface area contributed by atoms with Crippen molar-refractivity contribution in [1.29, 1.82) is 5.26 Å². The van der Waals surface area contributed by atoms with Crippen LogP contribution >= 0.6 is 0 Å². The summed E-state index contributed by atoms with van der Waals surface area (Å²) in [7, 11) is 3.40. The summed E-state index contributed by atoms with van der Waals surface area (Å²) >= 11 is 0. The van der Waals surface area contributed by atoms with Crippen LogP contribution in [0.4, 0.5) is 0 Å². The van der Waals surface area contributed by atoms with E-state index in [1.807, 2.05) is 18.2 Å². The van der Waals surface area contributed by atoms with Gasteiger partial charge in [0.05, 0.1) is 25.7 Å². The normalized spacial score (nSPS) is 13.9. The molecule has 110 valence electrons. The van der Waals surface area contributed by atoms with Crippen molar-refractivity contribution < 1.29 is 9.47 Å². The van der Waals surface area contributed by atoms with Gasteiger partial charge in [0.1, 0.15) is 0 Å². The Morgan fingerprint density at radius 2 is 1.90 bits per heavy atom.